The zero-order valence-corrected chi connectivity index (χ0v) is 20.1. The summed E-state index contributed by atoms with van der Waals surface area (Å²) < 4.78 is 10.6. The van der Waals surface area contributed by atoms with Crippen LogP contribution in [0.15, 0.2) is 12.4 Å². The molecular formula is C23H31N5O9. The van der Waals surface area contributed by atoms with E-state index in [0.717, 1.165) is 32.5 Å². The van der Waals surface area contributed by atoms with E-state index in [4.69, 9.17) is 14.6 Å². The zero-order valence-electron chi connectivity index (χ0n) is 20.1. The van der Waals surface area contributed by atoms with Gasteiger partial charge in [0, 0.05) is 51.6 Å². The maximum atomic E-state index is 12.0. The Morgan fingerprint density at radius 1 is 1.00 bits per heavy atom. The Labute approximate surface area is 212 Å². The number of aromatic nitrogens is 2. The van der Waals surface area contributed by atoms with E-state index in [2.05, 4.69) is 19.8 Å². The van der Waals surface area contributed by atoms with E-state index in [-0.39, 0.29) is 23.5 Å². The number of ether oxygens (including phenoxy) is 2. The van der Waals surface area contributed by atoms with Crippen molar-refractivity contribution >= 4 is 23.7 Å². The van der Waals surface area contributed by atoms with Crippen molar-refractivity contribution in [3.63, 3.8) is 0 Å². The Hall–Kier alpha value is -2.91. The molecule has 4 N–H and O–H groups in total. The largest absolute Gasteiger partial charge is 0.479 e. The first-order chi connectivity index (χ1) is 17.7. The van der Waals surface area contributed by atoms with Crippen LogP contribution in [0.5, 0.6) is 5.75 Å². The van der Waals surface area contributed by atoms with E-state index in [0.29, 0.717) is 37.9 Å². The second-order valence-electron chi connectivity index (χ2n) is 10.0. The number of piperidine rings is 1. The van der Waals surface area contributed by atoms with Crippen molar-refractivity contribution in [2.75, 3.05) is 37.6 Å². The summed E-state index contributed by atoms with van der Waals surface area (Å²) in [6.07, 6.45) is -3.27. The summed E-state index contributed by atoms with van der Waals surface area (Å²) in [5.41, 5.74) is 0. The van der Waals surface area contributed by atoms with Crippen LogP contribution in [0.2, 0.25) is 0 Å². The molecule has 5 heterocycles. The number of amides is 2. The van der Waals surface area contributed by atoms with Gasteiger partial charge < -0.3 is 34.8 Å². The molecule has 1 aromatic heterocycles. The maximum absolute atomic E-state index is 12.0. The number of aliphatic hydroxyl groups excluding tert-OH is 3. The molecule has 0 bridgehead atoms. The van der Waals surface area contributed by atoms with Gasteiger partial charge in [0.1, 0.15) is 18.3 Å². The number of likely N-dealkylation sites (tertiary alicyclic amines) is 1. The number of hydrogen-bond donors (Lipinski definition) is 4. The van der Waals surface area contributed by atoms with Gasteiger partial charge in [-0.25, -0.2) is 14.8 Å². The lowest BCUT2D eigenvalue weighted by atomic mass is 9.90. The molecule has 4 aliphatic heterocycles. The fraction of sp³-hybridized carbons (Fsp3) is 0.696. The van der Waals surface area contributed by atoms with Gasteiger partial charge in [-0.05, 0) is 18.8 Å². The minimum Gasteiger partial charge on any atom is -0.479 e. The number of carboxylic acid groups (broad SMARTS) is 1. The lowest BCUT2D eigenvalue weighted by Crippen LogP contribution is -2.61. The van der Waals surface area contributed by atoms with Crippen LogP contribution in [0, 0.1) is 5.92 Å². The number of piperazine rings is 1. The first kappa shape index (κ1) is 25.7. The number of anilines is 1. The highest BCUT2D eigenvalue weighted by Crippen LogP contribution is 2.29. The van der Waals surface area contributed by atoms with Crippen molar-refractivity contribution < 1.29 is 44.3 Å². The summed E-state index contributed by atoms with van der Waals surface area (Å²) in [6.45, 7) is 3.55. The van der Waals surface area contributed by atoms with Gasteiger partial charge in [-0.3, -0.25) is 19.4 Å². The first-order valence-corrected chi connectivity index (χ1v) is 12.4. The van der Waals surface area contributed by atoms with Crippen LogP contribution in [0.4, 0.5) is 5.95 Å². The van der Waals surface area contributed by atoms with Crippen LogP contribution in [0.1, 0.15) is 25.7 Å². The Bertz CT molecular complexity index is 1010. The van der Waals surface area contributed by atoms with E-state index >= 15 is 0 Å². The number of aliphatic carboxylic acids is 1. The lowest BCUT2D eigenvalue weighted by molar-refractivity contribution is -0.271. The topological polar surface area (TPSA) is 186 Å². The third-order valence-electron chi connectivity index (χ3n) is 7.56. The van der Waals surface area contributed by atoms with Gasteiger partial charge in [0.2, 0.25) is 24.1 Å². The molecule has 0 spiro atoms. The Balaban J connectivity index is 1.15. The fourth-order valence-electron chi connectivity index (χ4n) is 5.49. The summed E-state index contributed by atoms with van der Waals surface area (Å²) >= 11 is 0. The fourth-order valence-corrected chi connectivity index (χ4v) is 5.49. The van der Waals surface area contributed by atoms with E-state index in [9.17, 15) is 29.7 Å². The molecule has 5 rings (SSSR count). The van der Waals surface area contributed by atoms with Crippen LogP contribution in [0.25, 0.3) is 0 Å². The van der Waals surface area contributed by atoms with Crippen molar-refractivity contribution in [3.05, 3.63) is 12.4 Å². The molecule has 4 saturated heterocycles. The molecule has 202 valence electrons. The average molecular weight is 522 g/mol. The van der Waals surface area contributed by atoms with E-state index in [1.54, 1.807) is 0 Å². The van der Waals surface area contributed by atoms with E-state index in [1.165, 1.54) is 17.3 Å². The number of carbonyl (C=O) groups excluding carboxylic acids is 2. The highest BCUT2D eigenvalue weighted by Gasteiger charge is 2.48. The van der Waals surface area contributed by atoms with Crippen LogP contribution in [-0.2, 0) is 19.1 Å². The number of rotatable bonds is 6. The molecule has 0 saturated carbocycles. The van der Waals surface area contributed by atoms with Gasteiger partial charge in [0.15, 0.2) is 11.9 Å². The van der Waals surface area contributed by atoms with Crippen LogP contribution < -0.4 is 9.64 Å². The third-order valence-corrected chi connectivity index (χ3v) is 7.56. The second kappa shape index (κ2) is 10.5. The number of hydrogen-bond acceptors (Lipinski definition) is 12. The SMILES string of the molecule is O=C(O)[C@H]1O[C@@H](Oc2cnc(N3CCN4C[C@@H](CN5C(=O)CCC5=O)CC[C@H]4C3)nc2)[C@H](O)[C@@H](O)[C@@H]1O. The Kier molecular flexibility index (Phi) is 7.27. The molecule has 0 aliphatic carbocycles. The molecule has 7 atom stereocenters. The van der Waals surface area contributed by atoms with Crippen molar-refractivity contribution in [3.8, 4) is 5.75 Å². The van der Waals surface area contributed by atoms with Crippen molar-refractivity contribution in [2.45, 2.75) is 62.4 Å². The monoisotopic (exact) mass is 521 g/mol. The predicted octanol–water partition coefficient (Wildman–Crippen LogP) is -2.20. The normalized spacial score (nSPS) is 34.9. The quantitative estimate of drug-likeness (QED) is 0.296. The highest BCUT2D eigenvalue weighted by molar-refractivity contribution is 6.01. The summed E-state index contributed by atoms with van der Waals surface area (Å²) in [7, 11) is 0. The molecule has 14 nitrogen and oxygen atoms in total. The third kappa shape index (κ3) is 5.25. The van der Waals surface area contributed by atoms with E-state index in [1.807, 2.05) is 0 Å². The number of carbonyl (C=O) groups is 3. The van der Waals surface area contributed by atoms with Crippen LogP contribution in [-0.4, -0.2) is 127 Å². The lowest BCUT2D eigenvalue weighted by Gasteiger charge is -2.46. The number of aliphatic hydroxyl groups is 3. The molecule has 14 heteroatoms. The summed E-state index contributed by atoms with van der Waals surface area (Å²) in [5.74, 6) is -0.760. The minimum absolute atomic E-state index is 0.0680. The van der Waals surface area contributed by atoms with Crippen molar-refractivity contribution in [2.24, 2.45) is 5.92 Å². The first-order valence-electron chi connectivity index (χ1n) is 12.4. The Morgan fingerprint density at radius 3 is 2.38 bits per heavy atom. The number of nitrogens with zero attached hydrogens (tertiary/aromatic N) is 5. The summed E-state index contributed by atoms with van der Waals surface area (Å²) in [5, 5.41) is 39.0. The molecular weight excluding hydrogens is 490 g/mol. The number of fused-ring (bicyclic) bond motifs is 1. The van der Waals surface area contributed by atoms with Gasteiger partial charge in [-0.2, -0.15) is 0 Å². The van der Waals surface area contributed by atoms with Crippen LogP contribution in [0.3, 0.4) is 0 Å². The zero-order chi connectivity index (χ0) is 26.3. The van der Waals surface area contributed by atoms with Gasteiger partial charge in [-0.15, -0.1) is 0 Å². The summed E-state index contributed by atoms with van der Waals surface area (Å²) in [4.78, 5) is 49.7. The smallest absolute Gasteiger partial charge is 0.335 e. The standard InChI is InChI=1S/C23H31N5O9/c29-15-3-4-16(30)28(15)10-12-1-2-13-11-27(6-5-26(13)9-12)23-24-7-14(8-25-23)36-22-19(33)17(31)18(32)20(37-22)21(34)35/h7-8,12-13,17-20,22,31-33H,1-6,9-11H2,(H,34,35)/t12-,13-,17-,18-,19+,20-,22+/m0/s1. The molecule has 2 amide bonds. The minimum atomic E-state index is -1.80. The second-order valence-corrected chi connectivity index (χ2v) is 10.0. The van der Waals surface area contributed by atoms with Gasteiger partial charge in [0.05, 0.1) is 12.4 Å². The summed E-state index contributed by atoms with van der Waals surface area (Å²) in [6, 6.07) is 0.307. The van der Waals surface area contributed by atoms with Crippen LogP contribution >= 0.6 is 0 Å². The van der Waals surface area contributed by atoms with Gasteiger partial charge >= 0.3 is 5.97 Å². The average Bonchev–Trinajstić information content (AvgIpc) is 3.21. The van der Waals surface area contributed by atoms with Gasteiger partial charge in [-0.1, -0.05) is 0 Å². The molecule has 0 radical (unpaired) electrons. The molecule has 4 aliphatic rings. The molecule has 37 heavy (non-hydrogen) atoms. The van der Waals surface area contributed by atoms with Crippen molar-refractivity contribution in [1.29, 1.82) is 0 Å². The highest BCUT2D eigenvalue weighted by atomic mass is 16.7. The predicted molar refractivity (Wildman–Crippen MR) is 123 cm³/mol. The number of imide groups is 1. The Morgan fingerprint density at radius 2 is 1.70 bits per heavy atom. The molecule has 1 aromatic rings. The maximum Gasteiger partial charge on any atom is 0.335 e. The molecule has 4 fully saturated rings. The van der Waals surface area contributed by atoms with Crippen molar-refractivity contribution in [1.82, 2.24) is 19.8 Å². The number of carboxylic acids is 1. The molecule has 0 aromatic carbocycles. The molecule has 0 unspecified atom stereocenters. The van der Waals surface area contributed by atoms with E-state index < -0.39 is 36.7 Å². The van der Waals surface area contributed by atoms with Gasteiger partial charge in [0.25, 0.3) is 0 Å².